The molecule has 0 saturated carbocycles. The highest BCUT2D eigenvalue weighted by Crippen LogP contribution is 2.20. The molecule has 1 aromatic rings. The number of nitrogens with zero attached hydrogens (tertiary/aromatic N) is 3. The van der Waals surface area contributed by atoms with Gasteiger partial charge >= 0.3 is 0 Å². The van der Waals surface area contributed by atoms with Gasteiger partial charge in [-0.3, -0.25) is 0 Å². The van der Waals surface area contributed by atoms with Crippen LogP contribution in [0.3, 0.4) is 0 Å². The first-order valence-corrected chi connectivity index (χ1v) is 6.70. The van der Waals surface area contributed by atoms with Gasteiger partial charge < -0.3 is 15.0 Å². The van der Waals surface area contributed by atoms with Crippen LogP contribution in [0.1, 0.15) is 26.2 Å². The lowest BCUT2D eigenvalue weighted by molar-refractivity contribution is 0.0439. The van der Waals surface area contributed by atoms with E-state index in [2.05, 4.69) is 27.1 Å². The molecule has 0 radical (unpaired) electrons. The molecule has 1 saturated heterocycles. The van der Waals surface area contributed by atoms with E-state index in [1.165, 1.54) is 0 Å². The second-order valence-electron chi connectivity index (χ2n) is 4.59. The van der Waals surface area contributed by atoms with Gasteiger partial charge in [-0.1, -0.05) is 6.92 Å². The fourth-order valence-corrected chi connectivity index (χ4v) is 2.22. The average molecular weight is 250 g/mol. The molecule has 100 valence electrons. The standard InChI is InChI=1S/C13H22N4O/c1-3-7-18-11-5-4-6-17(9-11)13-8-12(14-2)15-10-16-13/h8,10-11H,3-7,9H2,1-2H3,(H,14,15,16). The fraction of sp³-hybridized carbons (Fsp3) is 0.692. The Morgan fingerprint density at radius 2 is 2.39 bits per heavy atom. The highest BCUT2D eigenvalue weighted by Gasteiger charge is 2.21. The van der Waals surface area contributed by atoms with E-state index in [0.29, 0.717) is 6.10 Å². The minimum absolute atomic E-state index is 0.340. The average Bonchev–Trinajstić information content (AvgIpc) is 2.45. The zero-order valence-electron chi connectivity index (χ0n) is 11.2. The zero-order valence-corrected chi connectivity index (χ0v) is 11.2. The van der Waals surface area contributed by atoms with Gasteiger partial charge in [0.25, 0.3) is 0 Å². The summed E-state index contributed by atoms with van der Waals surface area (Å²) in [6, 6.07) is 1.99. The van der Waals surface area contributed by atoms with Gasteiger partial charge in [0.2, 0.25) is 0 Å². The van der Waals surface area contributed by atoms with Crippen molar-refractivity contribution >= 4 is 11.6 Å². The third-order valence-electron chi connectivity index (χ3n) is 3.17. The van der Waals surface area contributed by atoms with Crippen LogP contribution in [0.25, 0.3) is 0 Å². The molecule has 2 rings (SSSR count). The summed E-state index contributed by atoms with van der Waals surface area (Å²) >= 11 is 0. The summed E-state index contributed by atoms with van der Waals surface area (Å²) < 4.78 is 5.84. The Balaban J connectivity index is 1.98. The molecule has 1 N–H and O–H groups in total. The molecule has 1 atom stereocenters. The smallest absolute Gasteiger partial charge is 0.134 e. The van der Waals surface area contributed by atoms with Crippen molar-refractivity contribution in [2.75, 3.05) is 37.0 Å². The van der Waals surface area contributed by atoms with Gasteiger partial charge in [0.1, 0.15) is 18.0 Å². The van der Waals surface area contributed by atoms with Crippen molar-refractivity contribution < 1.29 is 4.74 Å². The molecule has 1 unspecified atom stereocenters. The van der Waals surface area contributed by atoms with Crippen LogP contribution in [0.2, 0.25) is 0 Å². The molecule has 1 aromatic heterocycles. The topological polar surface area (TPSA) is 50.3 Å². The number of piperidine rings is 1. The van der Waals surface area contributed by atoms with Gasteiger partial charge in [-0.2, -0.15) is 0 Å². The van der Waals surface area contributed by atoms with Crippen molar-refractivity contribution in [1.29, 1.82) is 0 Å². The van der Waals surface area contributed by atoms with E-state index < -0.39 is 0 Å². The van der Waals surface area contributed by atoms with E-state index in [1.54, 1.807) is 6.33 Å². The predicted octanol–water partition coefficient (Wildman–Crippen LogP) is 1.91. The summed E-state index contributed by atoms with van der Waals surface area (Å²) in [4.78, 5) is 10.8. The highest BCUT2D eigenvalue weighted by atomic mass is 16.5. The van der Waals surface area contributed by atoms with Gasteiger partial charge in [-0.25, -0.2) is 9.97 Å². The maximum absolute atomic E-state index is 5.84. The highest BCUT2D eigenvalue weighted by molar-refractivity contribution is 5.48. The van der Waals surface area contributed by atoms with Crippen molar-refractivity contribution in [3.63, 3.8) is 0 Å². The second-order valence-corrected chi connectivity index (χ2v) is 4.59. The van der Waals surface area contributed by atoms with E-state index in [4.69, 9.17) is 4.74 Å². The van der Waals surface area contributed by atoms with Crippen LogP contribution in [0, 0.1) is 0 Å². The van der Waals surface area contributed by atoms with Gasteiger partial charge in [0.05, 0.1) is 6.10 Å². The van der Waals surface area contributed by atoms with E-state index in [1.807, 2.05) is 13.1 Å². The molecule has 2 heterocycles. The van der Waals surface area contributed by atoms with Crippen LogP contribution in [0.15, 0.2) is 12.4 Å². The van der Waals surface area contributed by atoms with Crippen molar-refractivity contribution in [2.45, 2.75) is 32.3 Å². The van der Waals surface area contributed by atoms with Gasteiger partial charge in [-0.05, 0) is 19.3 Å². The van der Waals surface area contributed by atoms with Gasteiger partial charge in [0.15, 0.2) is 0 Å². The lowest BCUT2D eigenvalue weighted by Crippen LogP contribution is -2.40. The maximum Gasteiger partial charge on any atom is 0.134 e. The van der Waals surface area contributed by atoms with Crippen LogP contribution in [0.5, 0.6) is 0 Å². The Hall–Kier alpha value is -1.36. The fourth-order valence-electron chi connectivity index (χ4n) is 2.22. The van der Waals surface area contributed by atoms with E-state index in [-0.39, 0.29) is 0 Å². The Morgan fingerprint density at radius 1 is 1.50 bits per heavy atom. The predicted molar refractivity (Wildman–Crippen MR) is 73.1 cm³/mol. The van der Waals surface area contributed by atoms with E-state index in [0.717, 1.165) is 50.6 Å². The summed E-state index contributed by atoms with van der Waals surface area (Å²) in [6.07, 6.45) is 5.34. The molecule has 1 aliphatic rings. The number of nitrogens with one attached hydrogen (secondary N) is 1. The Kier molecular flexibility index (Phi) is 4.75. The second kappa shape index (κ2) is 6.54. The van der Waals surface area contributed by atoms with Gasteiger partial charge in [0, 0.05) is 32.8 Å². The maximum atomic E-state index is 5.84. The van der Waals surface area contributed by atoms with Gasteiger partial charge in [-0.15, -0.1) is 0 Å². The first-order valence-electron chi connectivity index (χ1n) is 6.70. The summed E-state index contributed by atoms with van der Waals surface area (Å²) in [6.45, 7) is 4.97. The number of hydrogen-bond donors (Lipinski definition) is 1. The quantitative estimate of drug-likeness (QED) is 0.865. The molecule has 0 aliphatic carbocycles. The molecule has 5 heteroatoms. The SMILES string of the molecule is CCCOC1CCCN(c2cc(NC)ncn2)C1. The summed E-state index contributed by atoms with van der Waals surface area (Å²) in [5.74, 6) is 1.84. The molecule has 18 heavy (non-hydrogen) atoms. The zero-order chi connectivity index (χ0) is 12.8. The third kappa shape index (κ3) is 3.32. The minimum Gasteiger partial charge on any atom is -0.376 e. The first kappa shape index (κ1) is 13.1. The number of ether oxygens (including phenoxy) is 1. The number of rotatable bonds is 5. The Labute approximate surface area is 109 Å². The van der Waals surface area contributed by atoms with Crippen LogP contribution in [-0.2, 0) is 4.74 Å². The minimum atomic E-state index is 0.340. The molecular formula is C13H22N4O. The lowest BCUT2D eigenvalue weighted by Gasteiger charge is -2.33. The van der Waals surface area contributed by atoms with Crippen LogP contribution >= 0.6 is 0 Å². The van der Waals surface area contributed by atoms with Crippen molar-refractivity contribution in [2.24, 2.45) is 0 Å². The molecule has 5 nitrogen and oxygen atoms in total. The van der Waals surface area contributed by atoms with Crippen molar-refractivity contribution in [1.82, 2.24) is 9.97 Å². The van der Waals surface area contributed by atoms with Crippen molar-refractivity contribution in [3.8, 4) is 0 Å². The Bertz CT molecular complexity index is 372. The molecule has 0 spiro atoms. The molecular weight excluding hydrogens is 228 g/mol. The van der Waals surface area contributed by atoms with E-state index >= 15 is 0 Å². The summed E-state index contributed by atoms with van der Waals surface area (Å²) in [5.41, 5.74) is 0. The molecule has 1 fully saturated rings. The molecule has 0 aromatic carbocycles. The van der Waals surface area contributed by atoms with Crippen molar-refractivity contribution in [3.05, 3.63) is 12.4 Å². The number of anilines is 2. The molecule has 0 amide bonds. The third-order valence-corrected chi connectivity index (χ3v) is 3.17. The van der Waals surface area contributed by atoms with E-state index in [9.17, 15) is 0 Å². The van der Waals surface area contributed by atoms with Crippen LogP contribution in [0.4, 0.5) is 11.6 Å². The summed E-state index contributed by atoms with van der Waals surface area (Å²) in [5, 5.41) is 3.04. The normalized spacial score (nSPS) is 19.9. The Morgan fingerprint density at radius 3 is 3.17 bits per heavy atom. The monoisotopic (exact) mass is 250 g/mol. The van der Waals surface area contributed by atoms with Crippen LogP contribution in [-0.4, -0.2) is 42.8 Å². The summed E-state index contributed by atoms with van der Waals surface area (Å²) in [7, 11) is 1.87. The lowest BCUT2D eigenvalue weighted by atomic mass is 10.1. The van der Waals surface area contributed by atoms with Crippen LogP contribution < -0.4 is 10.2 Å². The first-order chi connectivity index (χ1) is 8.83. The largest absolute Gasteiger partial charge is 0.376 e. The number of hydrogen-bond acceptors (Lipinski definition) is 5. The number of aromatic nitrogens is 2. The molecule has 1 aliphatic heterocycles. The molecule has 0 bridgehead atoms.